The fourth-order valence-corrected chi connectivity index (χ4v) is 1.72. The third-order valence-electron chi connectivity index (χ3n) is 1.57. The molecule has 0 bridgehead atoms. The van der Waals surface area contributed by atoms with Crippen molar-refractivity contribution in [1.29, 1.82) is 0 Å². The van der Waals surface area contributed by atoms with E-state index in [0.717, 1.165) is 10.7 Å². The van der Waals surface area contributed by atoms with E-state index in [4.69, 9.17) is 5.11 Å². The largest absolute Gasteiger partial charge is 0.392 e. The topological polar surface area (TPSA) is 62.2 Å². The summed E-state index contributed by atoms with van der Waals surface area (Å²) in [6.45, 7) is 3.82. The SMILES string of the molecule is Cc1csc(CC(=O)NCC(C)O)n1. The lowest BCUT2D eigenvalue weighted by atomic mass is 10.3. The van der Waals surface area contributed by atoms with E-state index in [1.807, 2.05) is 12.3 Å². The zero-order valence-corrected chi connectivity index (χ0v) is 9.10. The van der Waals surface area contributed by atoms with E-state index in [-0.39, 0.29) is 5.91 Å². The van der Waals surface area contributed by atoms with Crippen LogP contribution in [0.3, 0.4) is 0 Å². The molecule has 2 N–H and O–H groups in total. The van der Waals surface area contributed by atoms with Gasteiger partial charge in [-0.3, -0.25) is 4.79 Å². The van der Waals surface area contributed by atoms with Crippen LogP contribution in [0.2, 0.25) is 0 Å². The van der Waals surface area contributed by atoms with Crippen LogP contribution >= 0.6 is 11.3 Å². The van der Waals surface area contributed by atoms with Crippen LogP contribution in [0.1, 0.15) is 17.6 Å². The molecule has 14 heavy (non-hydrogen) atoms. The molecule has 78 valence electrons. The fourth-order valence-electron chi connectivity index (χ4n) is 0.945. The Hall–Kier alpha value is -0.940. The second kappa shape index (κ2) is 5.07. The predicted molar refractivity (Wildman–Crippen MR) is 55.2 cm³/mol. The van der Waals surface area contributed by atoms with Gasteiger partial charge in [0.05, 0.1) is 12.5 Å². The Kier molecular flexibility index (Phi) is 4.03. The number of carbonyl (C=O) groups excluding carboxylic acids is 1. The number of thiazole rings is 1. The third-order valence-corrected chi connectivity index (χ3v) is 2.54. The molecule has 1 rings (SSSR count). The molecule has 0 aromatic carbocycles. The Labute approximate surface area is 87.0 Å². The van der Waals surface area contributed by atoms with Crippen molar-refractivity contribution in [3.05, 3.63) is 16.1 Å². The monoisotopic (exact) mass is 214 g/mol. The molecular formula is C9H14N2O2S. The Morgan fingerprint density at radius 2 is 2.50 bits per heavy atom. The molecule has 0 aliphatic carbocycles. The standard InChI is InChI=1S/C9H14N2O2S/c1-6-5-14-9(11-6)3-8(13)10-4-7(2)12/h5,7,12H,3-4H2,1-2H3,(H,10,13). The second-order valence-corrected chi connectivity index (χ2v) is 4.16. The van der Waals surface area contributed by atoms with E-state index in [9.17, 15) is 4.79 Å². The minimum Gasteiger partial charge on any atom is -0.392 e. The van der Waals surface area contributed by atoms with Gasteiger partial charge in [-0.1, -0.05) is 0 Å². The van der Waals surface area contributed by atoms with E-state index in [1.165, 1.54) is 11.3 Å². The average molecular weight is 214 g/mol. The van der Waals surface area contributed by atoms with E-state index in [1.54, 1.807) is 6.92 Å². The highest BCUT2D eigenvalue weighted by Crippen LogP contribution is 2.08. The number of aromatic nitrogens is 1. The molecule has 4 nitrogen and oxygen atoms in total. The number of aliphatic hydroxyl groups excluding tert-OH is 1. The normalized spacial score (nSPS) is 12.5. The molecule has 1 unspecified atom stereocenters. The average Bonchev–Trinajstić information content (AvgIpc) is 2.48. The molecule has 1 aromatic heterocycles. The van der Waals surface area contributed by atoms with Crippen molar-refractivity contribution in [3.63, 3.8) is 0 Å². The number of carbonyl (C=O) groups is 1. The number of rotatable bonds is 4. The summed E-state index contributed by atoms with van der Waals surface area (Å²) in [5, 5.41) is 14.3. The molecule has 0 fully saturated rings. The van der Waals surface area contributed by atoms with Crippen LogP contribution in [0.5, 0.6) is 0 Å². The summed E-state index contributed by atoms with van der Waals surface area (Å²) in [4.78, 5) is 15.4. The van der Waals surface area contributed by atoms with E-state index in [0.29, 0.717) is 13.0 Å². The molecule has 0 radical (unpaired) electrons. The van der Waals surface area contributed by atoms with Crippen molar-refractivity contribution in [1.82, 2.24) is 10.3 Å². The summed E-state index contributed by atoms with van der Waals surface area (Å²) in [6.07, 6.45) is -0.206. The molecule has 1 atom stereocenters. The van der Waals surface area contributed by atoms with Crippen LogP contribution in [0, 0.1) is 6.92 Å². The number of hydrogen-bond acceptors (Lipinski definition) is 4. The first-order valence-electron chi connectivity index (χ1n) is 4.43. The van der Waals surface area contributed by atoms with Crippen LogP contribution < -0.4 is 5.32 Å². The Bertz CT molecular complexity index is 310. The zero-order valence-electron chi connectivity index (χ0n) is 8.28. The third kappa shape index (κ3) is 3.85. The van der Waals surface area contributed by atoms with Gasteiger partial charge in [-0.15, -0.1) is 11.3 Å². The maximum atomic E-state index is 11.3. The van der Waals surface area contributed by atoms with Gasteiger partial charge in [0.15, 0.2) is 0 Å². The van der Waals surface area contributed by atoms with Gasteiger partial charge in [0.2, 0.25) is 5.91 Å². The van der Waals surface area contributed by atoms with Crippen molar-refractivity contribution in [2.45, 2.75) is 26.4 Å². The van der Waals surface area contributed by atoms with Crippen molar-refractivity contribution >= 4 is 17.2 Å². The minimum atomic E-state index is -0.503. The molecule has 0 saturated carbocycles. The van der Waals surface area contributed by atoms with Crippen LogP contribution in [-0.4, -0.2) is 28.6 Å². The van der Waals surface area contributed by atoms with E-state index in [2.05, 4.69) is 10.3 Å². The molecule has 0 spiro atoms. The van der Waals surface area contributed by atoms with Crippen LogP contribution in [0.15, 0.2) is 5.38 Å². The van der Waals surface area contributed by atoms with Gasteiger partial charge in [-0.2, -0.15) is 0 Å². The highest BCUT2D eigenvalue weighted by Gasteiger charge is 2.06. The fraction of sp³-hybridized carbons (Fsp3) is 0.556. The number of aryl methyl sites for hydroxylation is 1. The van der Waals surface area contributed by atoms with E-state index < -0.39 is 6.10 Å². The first-order chi connectivity index (χ1) is 6.58. The van der Waals surface area contributed by atoms with Crippen molar-refractivity contribution < 1.29 is 9.90 Å². The number of nitrogens with one attached hydrogen (secondary N) is 1. The highest BCUT2D eigenvalue weighted by atomic mass is 32.1. The zero-order chi connectivity index (χ0) is 10.6. The van der Waals surface area contributed by atoms with Gasteiger partial charge >= 0.3 is 0 Å². The maximum Gasteiger partial charge on any atom is 0.226 e. The molecule has 1 heterocycles. The lowest BCUT2D eigenvalue weighted by molar-refractivity contribution is -0.120. The van der Waals surface area contributed by atoms with E-state index >= 15 is 0 Å². The summed E-state index contributed by atoms with van der Waals surface area (Å²) < 4.78 is 0. The summed E-state index contributed by atoms with van der Waals surface area (Å²) in [7, 11) is 0. The lowest BCUT2D eigenvalue weighted by Crippen LogP contribution is -2.31. The van der Waals surface area contributed by atoms with Gasteiger partial charge in [-0.25, -0.2) is 4.98 Å². The van der Waals surface area contributed by atoms with Crippen LogP contribution in [0.25, 0.3) is 0 Å². The summed E-state index contributed by atoms with van der Waals surface area (Å²) >= 11 is 1.48. The summed E-state index contributed by atoms with van der Waals surface area (Å²) in [6, 6.07) is 0. The van der Waals surface area contributed by atoms with Gasteiger partial charge in [0.25, 0.3) is 0 Å². The number of aliphatic hydroxyl groups is 1. The van der Waals surface area contributed by atoms with Gasteiger partial charge < -0.3 is 10.4 Å². The predicted octanol–water partition coefficient (Wildman–Crippen LogP) is 0.491. The van der Waals surface area contributed by atoms with Gasteiger partial charge in [0, 0.05) is 17.6 Å². The van der Waals surface area contributed by atoms with Crippen LogP contribution in [0.4, 0.5) is 0 Å². The highest BCUT2D eigenvalue weighted by molar-refractivity contribution is 7.09. The smallest absolute Gasteiger partial charge is 0.226 e. The molecule has 1 amide bonds. The molecule has 0 aliphatic heterocycles. The molecule has 0 saturated heterocycles. The van der Waals surface area contributed by atoms with Crippen LogP contribution in [-0.2, 0) is 11.2 Å². The Morgan fingerprint density at radius 1 is 1.79 bits per heavy atom. The molecule has 1 aromatic rings. The lowest BCUT2D eigenvalue weighted by Gasteiger charge is -2.05. The Morgan fingerprint density at radius 3 is 3.00 bits per heavy atom. The maximum absolute atomic E-state index is 11.3. The first kappa shape index (κ1) is 11.1. The van der Waals surface area contributed by atoms with Crippen molar-refractivity contribution in [3.8, 4) is 0 Å². The Balaban J connectivity index is 2.34. The van der Waals surface area contributed by atoms with Gasteiger partial charge in [0.1, 0.15) is 5.01 Å². The van der Waals surface area contributed by atoms with Crippen molar-refractivity contribution in [2.24, 2.45) is 0 Å². The molecule has 5 heteroatoms. The number of hydrogen-bond donors (Lipinski definition) is 2. The summed E-state index contributed by atoms with van der Waals surface area (Å²) in [5.74, 6) is -0.0970. The minimum absolute atomic E-state index is 0.0970. The van der Waals surface area contributed by atoms with Gasteiger partial charge in [-0.05, 0) is 13.8 Å². The second-order valence-electron chi connectivity index (χ2n) is 3.21. The van der Waals surface area contributed by atoms with Crippen molar-refractivity contribution in [2.75, 3.05) is 6.54 Å². The first-order valence-corrected chi connectivity index (χ1v) is 5.31. The quantitative estimate of drug-likeness (QED) is 0.767. The summed E-state index contributed by atoms with van der Waals surface area (Å²) in [5.41, 5.74) is 0.938. The molecule has 0 aliphatic rings. The molecular weight excluding hydrogens is 200 g/mol. The number of nitrogens with zero attached hydrogens (tertiary/aromatic N) is 1. The number of amides is 1.